The largest absolute Gasteiger partial charge is 0.435 e. The summed E-state index contributed by atoms with van der Waals surface area (Å²) in [4.78, 5) is 15.8. The third-order valence-corrected chi connectivity index (χ3v) is 2.46. The molecule has 0 saturated heterocycles. The van der Waals surface area contributed by atoms with E-state index in [4.69, 9.17) is 0 Å². The van der Waals surface area contributed by atoms with E-state index in [1.54, 1.807) is 30.6 Å². The number of ketones is 1. The van der Waals surface area contributed by atoms with Crippen LogP contribution in [0.4, 0.5) is 8.78 Å². The van der Waals surface area contributed by atoms with Crippen LogP contribution in [0.5, 0.6) is 5.75 Å². The maximum Gasteiger partial charge on any atom is 0.387 e. The van der Waals surface area contributed by atoms with Crippen LogP contribution in [0.2, 0.25) is 0 Å². The summed E-state index contributed by atoms with van der Waals surface area (Å²) in [5.41, 5.74) is 1.06. The highest BCUT2D eigenvalue weighted by molar-refractivity contribution is 6.07. The quantitative estimate of drug-likeness (QED) is 0.618. The first kappa shape index (κ1) is 13.9. The number of halogens is 2. The number of carbonyl (C=O) groups excluding carboxylic acids is 1. The van der Waals surface area contributed by atoms with E-state index in [0.29, 0.717) is 0 Å². The van der Waals surface area contributed by atoms with Crippen LogP contribution in [0, 0.1) is 0 Å². The molecule has 0 radical (unpaired) electrons. The molecule has 1 heterocycles. The number of rotatable bonds is 5. The molecule has 2 aromatic rings. The molecule has 0 aliphatic rings. The Kier molecular flexibility index (Phi) is 4.55. The van der Waals surface area contributed by atoms with Gasteiger partial charge in [0.2, 0.25) is 0 Å². The topological polar surface area (TPSA) is 39.2 Å². The van der Waals surface area contributed by atoms with Crippen molar-refractivity contribution in [2.75, 3.05) is 0 Å². The van der Waals surface area contributed by atoms with Crippen LogP contribution in [-0.2, 0) is 0 Å². The maximum atomic E-state index is 12.1. The first-order valence-corrected chi connectivity index (χ1v) is 5.82. The fourth-order valence-electron chi connectivity index (χ4n) is 1.57. The van der Waals surface area contributed by atoms with Gasteiger partial charge in [-0.05, 0) is 35.9 Å². The number of benzene rings is 1. The van der Waals surface area contributed by atoms with E-state index >= 15 is 0 Å². The minimum Gasteiger partial charge on any atom is -0.435 e. The number of aromatic nitrogens is 1. The third kappa shape index (κ3) is 3.98. The number of carbonyl (C=O) groups is 1. The Bertz CT molecular complexity index is 612. The van der Waals surface area contributed by atoms with Crippen LogP contribution in [-0.4, -0.2) is 17.4 Å². The van der Waals surface area contributed by atoms with Gasteiger partial charge in [0.05, 0.1) is 0 Å². The summed E-state index contributed by atoms with van der Waals surface area (Å²) in [5, 5.41) is 0. The molecule has 3 nitrogen and oxygen atoms in total. The van der Waals surface area contributed by atoms with Crippen molar-refractivity contribution in [1.29, 1.82) is 0 Å². The first-order chi connectivity index (χ1) is 9.65. The highest BCUT2D eigenvalue weighted by Gasteiger charge is 2.07. The second-order valence-corrected chi connectivity index (χ2v) is 3.89. The number of pyridine rings is 1. The zero-order chi connectivity index (χ0) is 14.4. The fourth-order valence-corrected chi connectivity index (χ4v) is 1.57. The summed E-state index contributed by atoms with van der Waals surface area (Å²) in [6, 6.07) is 9.22. The molecule has 0 aliphatic heterocycles. The Morgan fingerprint density at radius 1 is 1.25 bits per heavy atom. The first-order valence-electron chi connectivity index (χ1n) is 5.82. The van der Waals surface area contributed by atoms with Gasteiger partial charge in [-0.15, -0.1) is 0 Å². The molecule has 102 valence electrons. The van der Waals surface area contributed by atoms with Crippen LogP contribution in [0.1, 0.15) is 15.9 Å². The van der Waals surface area contributed by atoms with E-state index in [9.17, 15) is 13.6 Å². The molecule has 1 aromatic carbocycles. The van der Waals surface area contributed by atoms with Gasteiger partial charge in [-0.3, -0.25) is 9.78 Å². The van der Waals surface area contributed by atoms with Crippen molar-refractivity contribution in [3.63, 3.8) is 0 Å². The molecule has 0 amide bonds. The van der Waals surface area contributed by atoms with E-state index in [0.717, 1.165) is 5.56 Å². The molecule has 0 atom stereocenters. The summed E-state index contributed by atoms with van der Waals surface area (Å²) in [6.07, 6.45) is 6.21. The molecule has 0 fully saturated rings. The SMILES string of the molecule is O=C(/C=C/c1cccnc1)c1cccc(OC(F)F)c1. The van der Waals surface area contributed by atoms with Crippen LogP contribution in [0.25, 0.3) is 6.08 Å². The fraction of sp³-hybridized carbons (Fsp3) is 0.0667. The average molecular weight is 275 g/mol. The van der Waals surface area contributed by atoms with Gasteiger partial charge in [-0.2, -0.15) is 8.78 Å². The molecule has 0 bridgehead atoms. The standard InChI is InChI=1S/C15H11F2NO2/c16-15(17)20-13-5-1-4-12(9-13)14(19)7-6-11-3-2-8-18-10-11/h1-10,15H/b7-6+. The summed E-state index contributed by atoms with van der Waals surface area (Å²) in [5.74, 6) is -0.339. The normalized spacial score (nSPS) is 10.9. The molecule has 0 unspecified atom stereocenters. The molecule has 0 N–H and O–H groups in total. The highest BCUT2D eigenvalue weighted by Crippen LogP contribution is 2.16. The monoisotopic (exact) mass is 275 g/mol. The predicted molar refractivity (Wildman–Crippen MR) is 70.7 cm³/mol. The second kappa shape index (κ2) is 6.56. The molecule has 20 heavy (non-hydrogen) atoms. The van der Waals surface area contributed by atoms with Crippen molar-refractivity contribution < 1.29 is 18.3 Å². The van der Waals surface area contributed by atoms with Crippen LogP contribution in [0.3, 0.4) is 0 Å². The number of hydrogen-bond donors (Lipinski definition) is 0. The Morgan fingerprint density at radius 2 is 2.10 bits per heavy atom. The number of alkyl halides is 2. The van der Waals surface area contributed by atoms with Crippen LogP contribution < -0.4 is 4.74 Å². The molecule has 1 aromatic heterocycles. The zero-order valence-corrected chi connectivity index (χ0v) is 10.4. The van der Waals surface area contributed by atoms with Gasteiger partial charge in [-0.25, -0.2) is 0 Å². The van der Waals surface area contributed by atoms with Gasteiger partial charge in [0.1, 0.15) is 5.75 Å². The molecule has 0 aliphatic carbocycles. The third-order valence-electron chi connectivity index (χ3n) is 2.46. The Balaban J connectivity index is 2.11. The number of ether oxygens (including phenoxy) is 1. The van der Waals surface area contributed by atoms with Gasteiger partial charge < -0.3 is 4.74 Å². The minimum atomic E-state index is -2.91. The summed E-state index contributed by atoms with van der Waals surface area (Å²) >= 11 is 0. The molecule has 2 rings (SSSR count). The van der Waals surface area contributed by atoms with Crippen molar-refractivity contribution in [2.24, 2.45) is 0 Å². The predicted octanol–water partition coefficient (Wildman–Crippen LogP) is 3.58. The molecule has 0 spiro atoms. The van der Waals surface area contributed by atoms with Crippen molar-refractivity contribution in [3.8, 4) is 5.75 Å². The maximum absolute atomic E-state index is 12.1. The van der Waals surface area contributed by atoms with Gasteiger partial charge in [0.15, 0.2) is 5.78 Å². The van der Waals surface area contributed by atoms with Crippen molar-refractivity contribution >= 4 is 11.9 Å². The molecular weight excluding hydrogens is 264 g/mol. The lowest BCUT2D eigenvalue weighted by Crippen LogP contribution is -2.03. The lowest BCUT2D eigenvalue weighted by atomic mass is 10.1. The molecular formula is C15H11F2NO2. The van der Waals surface area contributed by atoms with Crippen molar-refractivity contribution in [2.45, 2.75) is 6.61 Å². The lowest BCUT2D eigenvalue weighted by molar-refractivity contribution is -0.0498. The minimum absolute atomic E-state index is 0.0411. The van der Waals surface area contributed by atoms with E-state index in [1.807, 2.05) is 0 Å². The van der Waals surface area contributed by atoms with Crippen molar-refractivity contribution in [1.82, 2.24) is 4.98 Å². The highest BCUT2D eigenvalue weighted by atomic mass is 19.3. The van der Waals surface area contributed by atoms with Crippen LogP contribution >= 0.6 is 0 Å². The van der Waals surface area contributed by atoms with Gasteiger partial charge in [-0.1, -0.05) is 18.2 Å². The number of allylic oxidation sites excluding steroid dienone is 1. The average Bonchev–Trinajstić information content (AvgIpc) is 2.45. The van der Waals surface area contributed by atoms with E-state index in [2.05, 4.69) is 9.72 Å². The summed E-state index contributed by atoms with van der Waals surface area (Å²) < 4.78 is 28.4. The smallest absolute Gasteiger partial charge is 0.387 e. The Labute approximate surface area is 114 Å². The Morgan fingerprint density at radius 3 is 2.80 bits per heavy atom. The number of hydrogen-bond acceptors (Lipinski definition) is 3. The summed E-state index contributed by atoms with van der Waals surface area (Å²) in [7, 11) is 0. The molecule has 5 heteroatoms. The Hall–Kier alpha value is -2.56. The van der Waals surface area contributed by atoms with Gasteiger partial charge in [0.25, 0.3) is 0 Å². The van der Waals surface area contributed by atoms with E-state index < -0.39 is 6.61 Å². The zero-order valence-electron chi connectivity index (χ0n) is 10.4. The molecule has 0 saturated carbocycles. The van der Waals surface area contributed by atoms with E-state index in [1.165, 1.54) is 30.3 Å². The lowest BCUT2D eigenvalue weighted by Gasteiger charge is -2.04. The summed E-state index contributed by atoms with van der Waals surface area (Å²) in [6.45, 7) is -2.91. The van der Waals surface area contributed by atoms with E-state index in [-0.39, 0.29) is 17.1 Å². The van der Waals surface area contributed by atoms with Gasteiger partial charge >= 0.3 is 6.61 Å². The number of nitrogens with zero attached hydrogens (tertiary/aromatic N) is 1. The van der Waals surface area contributed by atoms with Gasteiger partial charge in [0, 0.05) is 18.0 Å². The second-order valence-electron chi connectivity index (χ2n) is 3.89. The van der Waals surface area contributed by atoms with Crippen LogP contribution in [0.15, 0.2) is 54.9 Å². The van der Waals surface area contributed by atoms with Crippen molar-refractivity contribution in [3.05, 3.63) is 66.0 Å².